The summed E-state index contributed by atoms with van der Waals surface area (Å²) in [5.41, 5.74) is 2.16. The number of carbonyl (C=O) groups excluding carboxylic acids is 2. The van der Waals surface area contributed by atoms with Gasteiger partial charge in [0.05, 0.1) is 18.7 Å². The van der Waals surface area contributed by atoms with Crippen LogP contribution in [0.1, 0.15) is 34.0 Å². The van der Waals surface area contributed by atoms with Gasteiger partial charge in [0.1, 0.15) is 5.75 Å². The van der Waals surface area contributed by atoms with Crippen LogP contribution in [-0.2, 0) is 28.7 Å². The molecule has 9 heteroatoms. The molecule has 188 valence electrons. The number of ether oxygens (including phenoxy) is 2. The van der Waals surface area contributed by atoms with Crippen LogP contribution in [-0.4, -0.2) is 30.8 Å². The molecule has 0 radical (unpaired) electrons. The lowest BCUT2D eigenvalue weighted by molar-refractivity contribution is -0.145. The fourth-order valence-electron chi connectivity index (χ4n) is 3.89. The summed E-state index contributed by atoms with van der Waals surface area (Å²) in [6, 6.07) is 17.7. The smallest absolute Gasteiger partial charge is 0.416 e. The standard InChI is InChI=1S/C27H24F3NO4S/c1-2-34-25(32)17-35-21-6-3-5-18(15-21)13-14-36-24-8-4-7-22-23(24)16-31(26(22)33)20-11-9-19(10-12-20)27(28,29)30/h3-12,15H,2,13-14,16-17H2,1H3. The van der Waals surface area contributed by atoms with Crippen LogP contribution in [0.5, 0.6) is 5.75 Å². The monoisotopic (exact) mass is 515 g/mol. The molecule has 3 aromatic carbocycles. The quantitative estimate of drug-likeness (QED) is 0.253. The first-order valence-electron chi connectivity index (χ1n) is 11.4. The number of thioether (sulfide) groups is 1. The van der Waals surface area contributed by atoms with E-state index < -0.39 is 17.7 Å². The topological polar surface area (TPSA) is 55.8 Å². The van der Waals surface area contributed by atoms with Gasteiger partial charge in [-0.2, -0.15) is 13.2 Å². The third kappa shape index (κ3) is 6.02. The van der Waals surface area contributed by atoms with Crippen molar-refractivity contribution in [1.82, 2.24) is 0 Å². The van der Waals surface area contributed by atoms with Gasteiger partial charge in [0.25, 0.3) is 5.91 Å². The normalized spacial score (nSPS) is 13.0. The van der Waals surface area contributed by atoms with Crippen molar-refractivity contribution >= 4 is 29.3 Å². The molecule has 1 amide bonds. The molecular formula is C27H24F3NO4S. The summed E-state index contributed by atoms with van der Waals surface area (Å²) in [6.45, 7) is 2.20. The molecule has 0 N–H and O–H groups in total. The molecule has 0 atom stereocenters. The number of hydrogen-bond acceptors (Lipinski definition) is 5. The van der Waals surface area contributed by atoms with Crippen LogP contribution >= 0.6 is 11.8 Å². The van der Waals surface area contributed by atoms with E-state index in [1.165, 1.54) is 17.0 Å². The fourth-order valence-corrected chi connectivity index (χ4v) is 4.97. The van der Waals surface area contributed by atoms with Crippen molar-refractivity contribution in [3.05, 3.63) is 89.0 Å². The summed E-state index contributed by atoms with van der Waals surface area (Å²) in [5, 5.41) is 0. The van der Waals surface area contributed by atoms with Crippen molar-refractivity contribution < 1.29 is 32.2 Å². The third-order valence-electron chi connectivity index (χ3n) is 5.64. The molecule has 0 aromatic heterocycles. The molecule has 0 unspecified atom stereocenters. The predicted molar refractivity (Wildman–Crippen MR) is 131 cm³/mol. The molecule has 1 heterocycles. The van der Waals surface area contributed by atoms with Crippen molar-refractivity contribution in [2.75, 3.05) is 23.9 Å². The molecule has 5 nitrogen and oxygen atoms in total. The first kappa shape index (κ1) is 25.6. The van der Waals surface area contributed by atoms with E-state index in [-0.39, 0.29) is 12.5 Å². The van der Waals surface area contributed by atoms with E-state index in [2.05, 4.69) is 0 Å². The zero-order valence-electron chi connectivity index (χ0n) is 19.5. The average molecular weight is 516 g/mol. The van der Waals surface area contributed by atoms with Crippen LogP contribution in [0, 0.1) is 0 Å². The van der Waals surface area contributed by atoms with Crippen LogP contribution in [0.15, 0.2) is 71.6 Å². The van der Waals surface area contributed by atoms with E-state index >= 15 is 0 Å². The van der Waals surface area contributed by atoms with Gasteiger partial charge in [-0.25, -0.2) is 4.79 Å². The second-order valence-corrected chi connectivity index (χ2v) is 9.19. The minimum Gasteiger partial charge on any atom is -0.482 e. The van der Waals surface area contributed by atoms with Gasteiger partial charge in [0.15, 0.2) is 6.61 Å². The first-order chi connectivity index (χ1) is 17.3. The average Bonchev–Trinajstić information content (AvgIpc) is 3.20. The van der Waals surface area contributed by atoms with Crippen LogP contribution in [0.25, 0.3) is 0 Å². The highest BCUT2D eigenvalue weighted by atomic mass is 32.2. The Kier molecular flexibility index (Phi) is 7.88. The number of hydrogen-bond donors (Lipinski definition) is 0. The maximum absolute atomic E-state index is 13.0. The van der Waals surface area contributed by atoms with Gasteiger partial charge in [-0.05, 0) is 73.0 Å². The highest BCUT2D eigenvalue weighted by molar-refractivity contribution is 7.99. The molecule has 0 saturated carbocycles. The SMILES string of the molecule is CCOC(=O)COc1cccc(CCSc2cccc3c2CN(c2ccc(C(F)(F)F)cc2)C3=O)c1. The molecule has 3 aromatic rings. The second-order valence-electron chi connectivity index (χ2n) is 8.06. The summed E-state index contributed by atoms with van der Waals surface area (Å²) >= 11 is 1.61. The number of amides is 1. The number of aryl methyl sites for hydroxylation is 1. The molecule has 1 aliphatic rings. The van der Waals surface area contributed by atoms with Gasteiger partial charge in [0.2, 0.25) is 0 Å². The maximum atomic E-state index is 13.0. The largest absolute Gasteiger partial charge is 0.482 e. The Bertz CT molecular complexity index is 1240. The maximum Gasteiger partial charge on any atom is 0.416 e. The highest BCUT2D eigenvalue weighted by Gasteiger charge is 2.33. The summed E-state index contributed by atoms with van der Waals surface area (Å²) in [4.78, 5) is 26.9. The molecule has 0 saturated heterocycles. The van der Waals surface area contributed by atoms with E-state index in [0.717, 1.165) is 40.3 Å². The molecule has 0 spiro atoms. The van der Waals surface area contributed by atoms with E-state index in [1.54, 1.807) is 30.8 Å². The summed E-state index contributed by atoms with van der Waals surface area (Å²) in [7, 11) is 0. The number of nitrogens with zero attached hydrogens (tertiary/aromatic N) is 1. The van der Waals surface area contributed by atoms with Crippen LogP contribution < -0.4 is 9.64 Å². The van der Waals surface area contributed by atoms with Gasteiger partial charge in [-0.3, -0.25) is 4.79 Å². The molecule has 0 bridgehead atoms. The van der Waals surface area contributed by atoms with Crippen LogP contribution in [0.3, 0.4) is 0 Å². The Hall–Kier alpha value is -3.46. The molecular weight excluding hydrogens is 491 g/mol. The Morgan fingerprint density at radius 3 is 2.53 bits per heavy atom. The van der Waals surface area contributed by atoms with E-state index in [9.17, 15) is 22.8 Å². The Morgan fingerprint density at radius 2 is 1.81 bits per heavy atom. The molecule has 1 aliphatic heterocycles. The minimum atomic E-state index is -4.42. The van der Waals surface area contributed by atoms with Crippen molar-refractivity contribution in [2.45, 2.75) is 31.0 Å². The highest BCUT2D eigenvalue weighted by Crippen LogP contribution is 2.36. The Labute approximate surface area is 211 Å². The zero-order chi connectivity index (χ0) is 25.7. The minimum absolute atomic E-state index is 0.147. The van der Waals surface area contributed by atoms with Crippen molar-refractivity contribution in [3.8, 4) is 5.75 Å². The summed E-state index contributed by atoms with van der Waals surface area (Å²) in [6.07, 6.45) is -3.69. The van der Waals surface area contributed by atoms with Crippen molar-refractivity contribution in [3.63, 3.8) is 0 Å². The Morgan fingerprint density at radius 1 is 1.06 bits per heavy atom. The summed E-state index contributed by atoms with van der Waals surface area (Å²) < 4.78 is 49.0. The third-order valence-corrected chi connectivity index (χ3v) is 6.74. The lowest BCUT2D eigenvalue weighted by atomic mass is 10.1. The molecule has 0 aliphatic carbocycles. The number of alkyl halides is 3. The van der Waals surface area contributed by atoms with E-state index in [4.69, 9.17) is 9.47 Å². The van der Waals surface area contributed by atoms with Gasteiger partial charge >= 0.3 is 12.1 Å². The number of carbonyl (C=O) groups is 2. The predicted octanol–water partition coefficient (Wildman–Crippen LogP) is 6.14. The Balaban J connectivity index is 1.38. The second kappa shape index (κ2) is 11.1. The number of fused-ring (bicyclic) bond motifs is 1. The van der Waals surface area contributed by atoms with Gasteiger partial charge in [-0.1, -0.05) is 18.2 Å². The van der Waals surface area contributed by atoms with Gasteiger partial charge < -0.3 is 14.4 Å². The number of rotatable bonds is 9. The van der Waals surface area contributed by atoms with Crippen LogP contribution in [0.4, 0.5) is 18.9 Å². The zero-order valence-corrected chi connectivity index (χ0v) is 20.3. The molecule has 4 rings (SSSR count). The summed E-state index contributed by atoms with van der Waals surface area (Å²) in [5.74, 6) is 0.686. The van der Waals surface area contributed by atoms with Crippen molar-refractivity contribution in [1.29, 1.82) is 0 Å². The molecule has 36 heavy (non-hydrogen) atoms. The number of esters is 1. The van der Waals surface area contributed by atoms with Crippen molar-refractivity contribution in [2.24, 2.45) is 0 Å². The lowest BCUT2D eigenvalue weighted by Crippen LogP contribution is -2.23. The first-order valence-corrected chi connectivity index (χ1v) is 12.4. The lowest BCUT2D eigenvalue weighted by Gasteiger charge is -2.17. The van der Waals surface area contributed by atoms with E-state index in [0.29, 0.717) is 30.2 Å². The van der Waals surface area contributed by atoms with Crippen LogP contribution in [0.2, 0.25) is 0 Å². The van der Waals surface area contributed by atoms with Gasteiger partial charge in [-0.15, -0.1) is 11.8 Å². The van der Waals surface area contributed by atoms with E-state index in [1.807, 2.05) is 30.3 Å². The number of anilines is 1. The molecule has 0 fully saturated rings. The van der Waals surface area contributed by atoms with Gasteiger partial charge in [0, 0.05) is 21.9 Å². The fraction of sp³-hybridized carbons (Fsp3) is 0.259. The number of halogens is 3. The number of benzene rings is 3.